The van der Waals surface area contributed by atoms with E-state index in [0.29, 0.717) is 5.92 Å². The van der Waals surface area contributed by atoms with Gasteiger partial charge in [0.05, 0.1) is 6.04 Å². The van der Waals surface area contributed by atoms with E-state index in [2.05, 4.69) is 71.0 Å². The Morgan fingerprint density at radius 1 is 1.00 bits per heavy atom. The van der Waals surface area contributed by atoms with Gasteiger partial charge in [-0.05, 0) is 45.0 Å². The smallest absolute Gasteiger partial charge is 0.0517 e. The van der Waals surface area contributed by atoms with Gasteiger partial charge in [-0.15, -0.1) is 0 Å². The second-order valence-corrected chi connectivity index (χ2v) is 6.01. The summed E-state index contributed by atoms with van der Waals surface area (Å²) < 4.78 is 0. The van der Waals surface area contributed by atoms with E-state index in [0.717, 1.165) is 0 Å². The summed E-state index contributed by atoms with van der Waals surface area (Å²) in [6, 6.07) is 9.07. The van der Waals surface area contributed by atoms with Crippen LogP contribution in [0.4, 0.5) is 0 Å². The van der Waals surface area contributed by atoms with E-state index in [1.807, 2.05) is 0 Å². The molecule has 0 spiro atoms. The summed E-state index contributed by atoms with van der Waals surface area (Å²) in [4.78, 5) is 2.18. The molecule has 0 saturated heterocycles. The van der Waals surface area contributed by atoms with Gasteiger partial charge < -0.3 is 10.6 Å². The molecule has 1 aromatic rings. The number of benzene rings is 1. The lowest BCUT2D eigenvalue weighted by atomic mass is 9.87. The average molecular weight is 234 g/mol. The first-order valence-electron chi connectivity index (χ1n) is 6.28. The molecular weight excluding hydrogens is 208 g/mol. The molecule has 0 aliphatic carbocycles. The maximum atomic E-state index is 6.27. The van der Waals surface area contributed by atoms with Gasteiger partial charge in [0.2, 0.25) is 0 Å². The Labute approximate surface area is 106 Å². The van der Waals surface area contributed by atoms with Gasteiger partial charge in [0.15, 0.2) is 0 Å². The van der Waals surface area contributed by atoms with Crippen molar-refractivity contribution in [1.82, 2.24) is 4.90 Å². The molecule has 2 N–H and O–H groups in total. The molecule has 0 heterocycles. The quantitative estimate of drug-likeness (QED) is 0.867. The van der Waals surface area contributed by atoms with Crippen molar-refractivity contribution in [1.29, 1.82) is 0 Å². The van der Waals surface area contributed by atoms with E-state index in [1.165, 1.54) is 11.1 Å². The Balaban J connectivity index is 3.05. The molecule has 1 rings (SSSR count). The molecule has 0 aliphatic rings. The number of nitrogens with two attached hydrogens (primary N) is 1. The van der Waals surface area contributed by atoms with Gasteiger partial charge in [0.25, 0.3) is 0 Å². The summed E-state index contributed by atoms with van der Waals surface area (Å²) in [5.41, 5.74) is 8.68. The van der Waals surface area contributed by atoms with Crippen molar-refractivity contribution in [2.75, 3.05) is 14.1 Å². The van der Waals surface area contributed by atoms with E-state index in [9.17, 15) is 0 Å². The lowest BCUT2D eigenvalue weighted by molar-refractivity contribution is 0.205. The molecule has 0 radical (unpaired) electrons. The largest absolute Gasteiger partial charge is 0.324 e. The van der Waals surface area contributed by atoms with Crippen LogP contribution >= 0.6 is 0 Å². The highest BCUT2D eigenvalue weighted by atomic mass is 15.1. The van der Waals surface area contributed by atoms with Crippen LogP contribution in [0, 0.1) is 0 Å². The van der Waals surface area contributed by atoms with Crippen LogP contribution in [0.2, 0.25) is 0 Å². The third-order valence-electron chi connectivity index (χ3n) is 3.14. The molecule has 0 bridgehead atoms. The standard InChI is InChI=1S/C15H26N2/c1-11(2)12-7-9-13(10-8-12)14(17(5)6)15(3,4)16/h7-11,14H,16H2,1-6H3. The van der Waals surface area contributed by atoms with Crippen LogP contribution in [-0.2, 0) is 0 Å². The first-order chi connectivity index (χ1) is 7.73. The molecule has 0 aromatic heterocycles. The summed E-state index contributed by atoms with van der Waals surface area (Å²) in [5, 5.41) is 0. The highest BCUT2D eigenvalue weighted by Crippen LogP contribution is 2.29. The topological polar surface area (TPSA) is 29.3 Å². The Morgan fingerprint density at radius 3 is 1.71 bits per heavy atom. The Kier molecular flexibility index (Phi) is 4.34. The summed E-state index contributed by atoms with van der Waals surface area (Å²) in [5.74, 6) is 0.577. The first kappa shape index (κ1) is 14.2. The van der Waals surface area contributed by atoms with Crippen LogP contribution in [0.15, 0.2) is 24.3 Å². The molecule has 2 heteroatoms. The number of nitrogens with zero attached hydrogens (tertiary/aromatic N) is 1. The third kappa shape index (κ3) is 3.55. The second kappa shape index (κ2) is 5.19. The van der Waals surface area contributed by atoms with E-state index < -0.39 is 0 Å². The average Bonchev–Trinajstić information content (AvgIpc) is 2.15. The van der Waals surface area contributed by atoms with Crippen molar-refractivity contribution < 1.29 is 0 Å². The molecule has 0 fully saturated rings. The van der Waals surface area contributed by atoms with Crippen LogP contribution in [0.3, 0.4) is 0 Å². The molecule has 96 valence electrons. The lowest BCUT2D eigenvalue weighted by Gasteiger charge is -2.36. The van der Waals surface area contributed by atoms with Gasteiger partial charge in [-0.1, -0.05) is 38.1 Å². The zero-order valence-corrected chi connectivity index (χ0v) is 12.0. The van der Waals surface area contributed by atoms with Crippen molar-refractivity contribution in [3.8, 4) is 0 Å². The van der Waals surface area contributed by atoms with Gasteiger partial charge >= 0.3 is 0 Å². The van der Waals surface area contributed by atoms with Crippen LogP contribution in [0.5, 0.6) is 0 Å². The zero-order valence-electron chi connectivity index (χ0n) is 12.0. The molecule has 1 atom stereocenters. The first-order valence-corrected chi connectivity index (χ1v) is 6.28. The highest BCUT2D eigenvalue weighted by Gasteiger charge is 2.28. The summed E-state index contributed by atoms with van der Waals surface area (Å²) >= 11 is 0. The van der Waals surface area contributed by atoms with Gasteiger partial charge in [-0.3, -0.25) is 0 Å². The minimum Gasteiger partial charge on any atom is -0.324 e. The Hall–Kier alpha value is -0.860. The maximum absolute atomic E-state index is 6.27. The van der Waals surface area contributed by atoms with Gasteiger partial charge in [0.1, 0.15) is 0 Å². The van der Waals surface area contributed by atoms with Crippen molar-refractivity contribution in [3.63, 3.8) is 0 Å². The summed E-state index contributed by atoms with van der Waals surface area (Å²) in [6.07, 6.45) is 0. The SMILES string of the molecule is CC(C)c1ccc(C(N(C)C)C(C)(C)N)cc1. The number of likely N-dealkylation sites (N-methyl/N-ethyl adjacent to an activating group) is 1. The van der Waals surface area contributed by atoms with Crippen molar-refractivity contribution in [2.45, 2.75) is 45.2 Å². The monoisotopic (exact) mass is 234 g/mol. The summed E-state index contributed by atoms with van der Waals surface area (Å²) in [6.45, 7) is 8.58. The van der Waals surface area contributed by atoms with Crippen LogP contribution in [0.25, 0.3) is 0 Å². The second-order valence-electron chi connectivity index (χ2n) is 6.01. The molecule has 0 saturated carbocycles. The fourth-order valence-electron chi connectivity index (χ4n) is 2.46. The maximum Gasteiger partial charge on any atom is 0.0517 e. The minimum atomic E-state index is -0.247. The number of hydrogen-bond donors (Lipinski definition) is 1. The molecule has 2 nitrogen and oxygen atoms in total. The lowest BCUT2D eigenvalue weighted by Crippen LogP contribution is -2.45. The van der Waals surface area contributed by atoms with E-state index in [4.69, 9.17) is 5.73 Å². The molecular formula is C15H26N2. The van der Waals surface area contributed by atoms with Crippen LogP contribution in [-0.4, -0.2) is 24.5 Å². The Morgan fingerprint density at radius 2 is 1.41 bits per heavy atom. The molecule has 1 aromatic carbocycles. The molecule has 17 heavy (non-hydrogen) atoms. The Bertz CT molecular complexity index is 344. The predicted molar refractivity (Wildman–Crippen MR) is 75.2 cm³/mol. The molecule has 0 amide bonds. The highest BCUT2D eigenvalue weighted by molar-refractivity contribution is 5.28. The van der Waals surface area contributed by atoms with E-state index in [1.54, 1.807) is 0 Å². The fourth-order valence-corrected chi connectivity index (χ4v) is 2.46. The molecule has 0 aliphatic heterocycles. The normalized spacial score (nSPS) is 14.4. The van der Waals surface area contributed by atoms with Crippen LogP contribution < -0.4 is 5.73 Å². The summed E-state index contributed by atoms with van der Waals surface area (Å²) in [7, 11) is 4.16. The van der Waals surface area contributed by atoms with Crippen molar-refractivity contribution >= 4 is 0 Å². The minimum absolute atomic E-state index is 0.240. The van der Waals surface area contributed by atoms with Crippen molar-refractivity contribution in [2.24, 2.45) is 5.73 Å². The van der Waals surface area contributed by atoms with Gasteiger partial charge in [-0.25, -0.2) is 0 Å². The van der Waals surface area contributed by atoms with E-state index in [-0.39, 0.29) is 11.6 Å². The van der Waals surface area contributed by atoms with Crippen LogP contribution in [0.1, 0.15) is 50.8 Å². The third-order valence-corrected chi connectivity index (χ3v) is 3.14. The van der Waals surface area contributed by atoms with Gasteiger partial charge in [0, 0.05) is 5.54 Å². The molecule has 1 unspecified atom stereocenters. The predicted octanol–water partition coefficient (Wildman–Crippen LogP) is 3.15. The number of hydrogen-bond acceptors (Lipinski definition) is 2. The zero-order chi connectivity index (χ0) is 13.2. The number of rotatable bonds is 4. The fraction of sp³-hybridized carbons (Fsp3) is 0.600. The van der Waals surface area contributed by atoms with Crippen molar-refractivity contribution in [3.05, 3.63) is 35.4 Å². The van der Waals surface area contributed by atoms with Gasteiger partial charge in [-0.2, -0.15) is 0 Å². The van der Waals surface area contributed by atoms with E-state index >= 15 is 0 Å².